The van der Waals surface area contributed by atoms with E-state index in [1.54, 1.807) is 6.07 Å². The second kappa shape index (κ2) is 7.33. The number of carbonyl (C=O) groups excluding carboxylic acids is 1. The summed E-state index contributed by atoms with van der Waals surface area (Å²) in [6.45, 7) is 2.54. The van der Waals surface area contributed by atoms with Crippen LogP contribution < -0.4 is 5.32 Å². The molecule has 25 heavy (non-hydrogen) atoms. The van der Waals surface area contributed by atoms with Crippen molar-refractivity contribution in [2.45, 2.75) is 44.1 Å². The summed E-state index contributed by atoms with van der Waals surface area (Å²) in [5, 5.41) is 3.52. The number of nitrogens with zero attached hydrogens (tertiary/aromatic N) is 2. The molecule has 1 atom stereocenters. The molecule has 0 aromatic heterocycles. The molecule has 0 bridgehead atoms. The summed E-state index contributed by atoms with van der Waals surface area (Å²) in [4.78, 5) is 16.1. The molecule has 0 spiro atoms. The second-order valence-corrected chi connectivity index (χ2v) is 7.07. The zero-order valence-electron chi connectivity index (χ0n) is 14.4. The van der Waals surface area contributed by atoms with Gasteiger partial charge in [0.2, 0.25) is 5.91 Å². The average molecular weight is 355 g/mol. The lowest BCUT2D eigenvalue weighted by atomic mass is 10.0. The van der Waals surface area contributed by atoms with Crippen LogP contribution in [0.1, 0.15) is 30.4 Å². The maximum atomic E-state index is 13.1. The molecule has 0 aliphatic carbocycles. The Kier molecular flexibility index (Phi) is 5.34. The van der Waals surface area contributed by atoms with Crippen molar-refractivity contribution >= 4 is 5.91 Å². The molecule has 2 fully saturated rings. The minimum absolute atomic E-state index is 0.0140. The first-order valence-corrected chi connectivity index (χ1v) is 8.70. The molecule has 2 aliphatic heterocycles. The van der Waals surface area contributed by atoms with Gasteiger partial charge in [-0.25, -0.2) is 0 Å². The molecule has 0 saturated carbocycles. The highest BCUT2D eigenvalue weighted by Gasteiger charge is 2.36. The fourth-order valence-electron chi connectivity index (χ4n) is 3.69. The Bertz CT molecular complexity index is 612. The van der Waals surface area contributed by atoms with Crippen LogP contribution in [-0.4, -0.2) is 54.5 Å². The summed E-state index contributed by atoms with van der Waals surface area (Å²) in [5.74, 6) is -0.0811. The van der Waals surface area contributed by atoms with Crippen molar-refractivity contribution in [3.05, 3.63) is 35.4 Å². The largest absolute Gasteiger partial charge is 0.416 e. The summed E-state index contributed by atoms with van der Waals surface area (Å²) in [6, 6.07) is 5.90. The molecular formula is C18H24F3N3O. The van der Waals surface area contributed by atoms with Crippen molar-refractivity contribution in [2.24, 2.45) is 0 Å². The van der Waals surface area contributed by atoms with Crippen LogP contribution >= 0.6 is 0 Å². The Balaban J connectivity index is 1.60. The number of benzene rings is 1. The summed E-state index contributed by atoms with van der Waals surface area (Å²) >= 11 is 0. The summed E-state index contributed by atoms with van der Waals surface area (Å²) in [6.07, 6.45) is -1.96. The Labute approximate surface area is 146 Å². The monoisotopic (exact) mass is 355 g/mol. The predicted molar refractivity (Wildman–Crippen MR) is 88.9 cm³/mol. The third kappa shape index (κ3) is 4.52. The van der Waals surface area contributed by atoms with Crippen LogP contribution in [0.2, 0.25) is 0 Å². The highest BCUT2D eigenvalue weighted by Crippen LogP contribution is 2.33. The first-order chi connectivity index (χ1) is 11.8. The molecule has 1 amide bonds. The molecule has 0 radical (unpaired) electrons. The molecule has 1 N–H and O–H groups in total. The average Bonchev–Trinajstić information content (AvgIpc) is 2.89. The highest BCUT2D eigenvalue weighted by atomic mass is 19.4. The molecule has 3 rings (SSSR count). The Morgan fingerprint density at radius 3 is 2.52 bits per heavy atom. The van der Waals surface area contributed by atoms with Gasteiger partial charge in [0.1, 0.15) is 0 Å². The lowest BCUT2D eigenvalue weighted by Crippen LogP contribution is -2.46. The first-order valence-electron chi connectivity index (χ1n) is 8.70. The maximum Gasteiger partial charge on any atom is 0.416 e. The zero-order valence-corrected chi connectivity index (χ0v) is 14.4. The van der Waals surface area contributed by atoms with E-state index in [-0.39, 0.29) is 24.1 Å². The molecule has 7 heteroatoms. The highest BCUT2D eigenvalue weighted by molar-refractivity contribution is 5.79. The van der Waals surface area contributed by atoms with Crippen LogP contribution in [0.25, 0.3) is 0 Å². The number of amides is 1. The molecule has 138 valence electrons. The van der Waals surface area contributed by atoms with Crippen molar-refractivity contribution in [3.63, 3.8) is 0 Å². The minimum Gasteiger partial charge on any atom is -0.337 e. The fourth-order valence-corrected chi connectivity index (χ4v) is 3.69. The van der Waals surface area contributed by atoms with E-state index < -0.39 is 11.7 Å². The molecule has 1 aromatic carbocycles. The van der Waals surface area contributed by atoms with E-state index in [0.717, 1.165) is 32.0 Å². The lowest BCUT2D eigenvalue weighted by molar-refractivity contribution is -0.139. The molecule has 1 unspecified atom stereocenters. The number of likely N-dealkylation sites (tertiary alicyclic amines) is 2. The van der Waals surface area contributed by atoms with Gasteiger partial charge in [-0.15, -0.1) is 0 Å². The Morgan fingerprint density at radius 1 is 1.16 bits per heavy atom. The van der Waals surface area contributed by atoms with Crippen LogP contribution in [0.5, 0.6) is 0 Å². The first kappa shape index (κ1) is 18.2. The van der Waals surface area contributed by atoms with Crippen LogP contribution in [0.4, 0.5) is 13.2 Å². The number of piperidine rings is 1. The van der Waals surface area contributed by atoms with Gasteiger partial charge in [0.25, 0.3) is 0 Å². The Morgan fingerprint density at radius 2 is 1.84 bits per heavy atom. The van der Waals surface area contributed by atoms with Crippen LogP contribution in [-0.2, 0) is 17.5 Å². The number of rotatable bonds is 4. The number of hydrogen-bond acceptors (Lipinski definition) is 3. The van der Waals surface area contributed by atoms with Gasteiger partial charge in [0, 0.05) is 31.6 Å². The van der Waals surface area contributed by atoms with E-state index in [1.165, 1.54) is 17.0 Å². The van der Waals surface area contributed by atoms with Crippen LogP contribution in [0.15, 0.2) is 24.3 Å². The maximum absolute atomic E-state index is 13.1. The minimum atomic E-state index is -4.40. The van der Waals surface area contributed by atoms with Crippen molar-refractivity contribution in [2.75, 3.05) is 26.7 Å². The molecule has 2 heterocycles. The van der Waals surface area contributed by atoms with E-state index in [2.05, 4.69) is 17.3 Å². The van der Waals surface area contributed by atoms with E-state index in [9.17, 15) is 18.0 Å². The van der Waals surface area contributed by atoms with E-state index in [1.807, 2.05) is 0 Å². The van der Waals surface area contributed by atoms with Gasteiger partial charge in [-0.2, -0.15) is 13.2 Å². The molecule has 2 aliphatic rings. The van der Waals surface area contributed by atoms with E-state index in [4.69, 9.17) is 0 Å². The number of nitrogens with one attached hydrogen (secondary N) is 1. The second-order valence-electron chi connectivity index (χ2n) is 7.07. The summed E-state index contributed by atoms with van der Waals surface area (Å²) < 4.78 is 39.4. The zero-order chi connectivity index (χ0) is 18.0. The smallest absolute Gasteiger partial charge is 0.337 e. The number of halogens is 3. The standard InChI is InChI=1S/C18H24F3N3O/c1-23-8-6-14(7-9-23)22-15-10-17(25)24(12-15)11-13-4-2-3-5-16(13)18(19,20)21/h2-5,14-15,22H,6-12H2,1H3. The van der Waals surface area contributed by atoms with Crippen molar-refractivity contribution in [3.8, 4) is 0 Å². The quantitative estimate of drug-likeness (QED) is 0.901. The SMILES string of the molecule is CN1CCC(NC2CC(=O)N(Cc3ccccc3C(F)(F)F)C2)CC1. The molecular weight excluding hydrogens is 331 g/mol. The normalized spacial score (nSPS) is 23.4. The summed E-state index contributed by atoms with van der Waals surface area (Å²) in [7, 11) is 2.09. The third-order valence-corrected chi connectivity index (χ3v) is 5.09. The van der Waals surface area contributed by atoms with Crippen molar-refractivity contribution in [1.82, 2.24) is 15.1 Å². The Hall–Kier alpha value is -1.60. The summed E-state index contributed by atoms with van der Waals surface area (Å²) in [5.41, 5.74) is -0.502. The molecule has 2 saturated heterocycles. The number of hydrogen-bond donors (Lipinski definition) is 1. The van der Waals surface area contributed by atoms with Gasteiger partial charge >= 0.3 is 6.18 Å². The number of alkyl halides is 3. The van der Waals surface area contributed by atoms with Gasteiger partial charge < -0.3 is 15.1 Å². The predicted octanol–water partition coefficient (Wildman–Crippen LogP) is 2.49. The van der Waals surface area contributed by atoms with Crippen molar-refractivity contribution in [1.29, 1.82) is 0 Å². The van der Waals surface area contributed by atoms with Crippen LogP contribution in [0.3, 0.4) is 0 Å². The van der Waals surface area contributed by atoms with Gasteiger partial charge in [-0.05, 0) is 44.6 Å². The van der Waals surface area contributed by atoms with E-state index >= 15 is 0 Å². The number of carbonyl (C=O) groups is 1. The molecule has 1 aromatic rings. The van der Waals surface area contributed by atoms with E-state index in [0.29, 0.717) is 19.0 Å². The lowest BCUT2D eigenvalue weighted by Gasteiger charge is -2.31. The van der Waals surface area contributed by atoms with Crippen LogP contribution in [0, 0.1) is 0 Å². The topological polar surface area (TPSA) is 35.6 Å². The van der Waals surface area contributed by atoms with Gasteiger partial charge in [0.05, 0.1) is 5.56 Å². The third-order valence-electron chi connectivity index (χ3n) is 5.09. The fraction of sp³-hybridized carbons (Fsp3) is 0.611. The van der Waals surface area contributed by atoms with Gasteiger partial charge in [-0.1, -0.05) is 18.2 Å². The molecule has 4 nitrogen and oxygen atoms in total. The van der Waals surface area contributed by atoms with Crippen molar-refractivity contribution < 1.29 is 18.0 Å². The van der Waals surface area contributed by atoms with Gasteiger partial charge in [0.15, 0.2) is 0 Å². The van der Waals surface area contributed by atoms with Gasteiger partial charge in [-0.3, -0.25) is 4.79 Å².